The fourth-order valence-electron chi connectivity index (χ4n) is 0.447. The van der Waals surface area contributed by atoms with Gasteiger partial charge < -0.3 is 13.9 Å². The molecule has 2 radical (unpaired) electrons. The van der Waals surface area contributed by atoms with Crippen LogP contribution in [0.1, 0.15) is 0 Å². The molecule has 0 amide bonds. The highest BCUT2D eigenvalue weighted by molar-refractivity contribution is 6.24. The fourth-order valence-corrected chi connectivity index (χ4v) is 0.734. The molecule has 0 atom stereocenters. The van der Waals surface area contributed by atoms with Gasteiger partial charge in [0.15, 0.2) is 0 Å². The summed E-state index contributed by atoms with van der Waals surface area (Å²) < 4.78 is 15.0. The zero-order valence-electron chi connectivity index (χ0n) is 6.55. The lowest BCUT2D eigenvalue weighted by molar-refractivity contribution is 0.0551. The van der Waals surface area contributed by atoms with Crippen molar-refractivity contribution >= 4 is 9.76 Å². The predicted molar refractivity (Wildman–Crippen MR) is 40.3 cm³/mol. The zero-order chi connectivity index (χ0) is 7.66. The monoisotopic (exact) mass is 162 g/mol. The molecule has 3 nitrogen and oxygen atoms in total. The number of hydrogen-bond acceptors (Lipinski definition) is 3. The van der Waals surface area contributed by atoms with Crippen molar-refractivity contribution in [1.82, 2.24) is 0 Å². The van der Waals surface area contributed by atoms with Gasteiger partial charge in [-0.1, -0.05) is 0 Å². The van der Waals surface area contributed by atoms with Crippen molar-refractivity contribution in [3.63, 3.8) is 0 Å². The summed E-state index contributed by atoms with van der Waals surface area (Å²) in [5.74, 6) is 0. The molecule has 10 heavy (non-hydrogen) atoms. The van der Waals surface area contributed by atoms with Crippen molar-refractivity contribution in [2.75, 3.05) is 33.5 Å². The summed E-state index contributed by atoms with van der Waals surface area (Å²) >= 11 is 0. The topological polar surface area (TPSA) is 27.7 Å². The summed E-state index contributed by atoms with van der Waals surface area (Å²) in [5, 5.41) is 0. The van der Waals surface area contributed by atoms with Gasteiger partial charge in [0.25, 0.3) is 0 Å². The molecular weight excluding hydrogens is 148 g/mol. The van der Waals surface area contributed by atoms with Crippen LogP contribution in [-0.4, -0.2) is 43.3 Å². The van der Waals surface area contributed by atoms with E-state index in [4.69, 9.17) is 13.9 Å². The lowest BCUT2D eigenvalue weighted by Gasteiger charge is -2.02. The minimum atomic E-state index is 0.559. The second-order valence-corrected chi connectivity index (χ2v) is 2.35. The van der Waals surface area contributed by atoms with Gasteiger partial charge in [-0.05, 0) is 6.55 Å². The first-order valence-electron chi connectivity index (χ1n) is 3.27. The maximum Gasteiger partial charge on any atom is 0.226 e. The zero-order valence-corrected chi connectivity index (χ0v) is 7.55. The first-order valence-corrected chi connectivity index (χ1v) is 4.68. The number of ether oxygens (including phenoxy) is 2. The van der Waals surface area contributed by atoms with E-state index in [2.05, 4.69) is 0 Å². The maximum absolute atomic E-state index is 5.13. The third-order valence-corrected chi connectivity index (χ3v) is 1.40. The largest absolute Gasteiger partial charge is 0.415 e. The average molecular weight is 162 g/mol. The third kappa shape index (κ3) is 8.10. The first kappa shape index (κ1) is 10.1. The second kappa shape index (κ2) is 9.10. The summed E-state index contributed by atoms with van der Waals surface area (Å²) in [4.78, 5) is 0. The van der Waals surface area contributed by atoms with Crippen LogP contribution in [0.5, 0.6) is 0 Å². The Bertz CT molecular complexity index is 53.0. The third-order valence-electron chi connectivity index (χ3n) is 0.906. The van der Waals surface area contributed by atoms with E-state index in [0.29, 0.717) is 36.2 Å². The molecule has 0 unspecified atom stereocenters. The molecule has 0 bridgehead atoms. The maximum atomic E-state index is 5.13. The highest BCUT2D eigenvalue weighted by Crippen LogP contribution is 1.77. The van der Waals surface area contributed by atoms with E-state index < -0.39 is 0 Å². The van der Waals surface area contributed by atoms with Crippen LogP contribution in [0.15, 0.2) is 0 Å². The number of methoxy groups -OCH3 is 1. The lowest BCUT2D eigenvalue weighted by atomic mass is 10.7. The van der Waals surface area contributed by atoms with Crippen molar-refractivity contribution < 1.29 is 13.9 Å². The summed E-state index contributed by atoms with van der Waals surface area (Å²) in [6.07, 6.45) is 0. The first-order chi connectivity index (χ1) is 4.91. The smallest absolute Gasteiger partial charge is 0.226 e. The van der Waals surface area contributed by atoms with Crippen molar-refractivity contribution in [2.45, 2.75) is 6.55 Å². The minimum Gasteiger partial charge on any atom is -0.415 e. The van der Waals surface area contributed by atoms with Crippen LogP contribution < -0.4 is 0 Å². The molecule has 0 saturated heterocycles. The lowest BCUT2D eigenvalue weighted by Crippen LogP contribution is -2.08. The predicted octanol–water partition coefficient (Wildman–Crippen LogP) is 0.333. The van der Waals surface area contributed by atoms with Crippen LogP contribution in [0.25, 0.3) is 0 Å². The van der Waals surface area contributed by atoms with Gasteiger partial charge in [0, 0.05) is 7.11 Å². The summed E-state index contributed by atoms with van der Waals surface area (Å²) in [6, 6.07) is 0. The molecule has 0 aromatic carbocycles. The Kier molecular flexibility index (Phi) is 9.19. The molecule has 0 saturated carbocycles. The van der Waals surface area contributed by atoms with Crippen molar-refractivity contribution in [2.24, 2.45) is 0 Å². The van der Waals surface area contributed by atoms with Gasteiger partial charge in [0.1, 0.15) is 0 Å². The van der Waals surface area contributed by atoms with Gasteiger partial charge in [-0.2, -0.15) is 0 Å². The van der Waals surface area contributed by atoms with Gasteiger partial charge in [0.2, 0.25) is 9.76 Å². The van der Waals surface area contributed by atoms with E-state index in [-0.39, 0.29) is 0 Å². The van der Waals surface area contributed by atoms with Gasteiger partial charge in [-0.25, -0.2) is 0 Å². The highest BCUT2D eigenvalue weighted by atomic mass is 28.2. The molecule has 0 aliphatic carbocycles. The second-order valence-electron chi connectivity index (χ2n) is 1.66. The van der Waals surface area contributed by atoms with E-state index >= 15 is 0 Å². The Hall–Kier alpha value is 0.0969. The quantitative estimate of drug-likeness (QED) is 0.399. The van der Waals surface area contributed by atoms with Gasteiger partial charge >= 0.3 is 0 Å². The standard InChI is InChI=1S/C6H14O3Si/c1-7-3-4-8-5-6-9-10-2/h3-6H2,1-2H3. The highest BCUT2D eigenvalue weighted by Gasteiger charge is 1.86. The molecule has 0 aliphatic rings. The average Bonchev–Trinajstić information content (AvgIpc) is 1.97. The van der Waals surface area contributed by atoms with E-state index in [1.54, 1.807) is 7.11 Å². The summed E-state index contributed by atoms with van der Waals surface area (Å²) in [5.41, 5.74) is 0. The van der Waals surface area contributed by atoms with E-state index in [9.17, 15) is 0 Å². The fraction of sp³-hybridized carbons (Fsp3) is 1.00. The van der Waals surface area contributed by atoms with Gasteiger partial charge in [-0.3, -0.25) is 0 Å². The molecular formula is C6H14O3Si. The normalized spacial score (nSPS) is 10.2. The Morgan fingerprint density at radius 1 is 1.10 bits per heavy atom. The van der Waals surface area contributed by atoms with Crippen molar-refractivity contribution in [3.05, 3.63) is 0 Å². The van der Waals surface area contributed by atoms with Crippen LogP contribution in [0.4, 0.5) is 0 Å². The molecule has 60 valence electrons. The Morgan fingerprint density at radius 2 is 1.80 bits per heavy atom. The van der Waals surface area contributed by atoms with E-state index in [1.165, 1.54) is 0 Å². The molecule has 0 heterocycles. The van der Waals surface area contributed by atoms with Crippen LogP contribution in [-0.2, 0) is 13.9 Å². The van der Waals surface area contributed by atoms with Crippen LogP contribution in [0.2, 0.25) is 6.55 Å². The molecule has 0 fully saturated rings. The Morgan fingerprint density at radius 3 is 2.40 bits per heavy atom. The Balaban J connectivity index is 2.65. The summed E-state index contributed by atoms with van der Waals surface area (Å²) in [7, 11) is 2.22. The van der Waals surface area contributed by atoms with Crippen LogP contribution in [0.3, 0.4) is 0 Å². The van der Waals surface area contributed by atoms with Crippen LogP contribution in [0, 0.1) is 0 Å². The molecule has 0 aromatic heterocycles. The molecule has 0 aliphatic heterocycles. The SMILES string of the molecule is COCCOCCO[Si]C. The van der Waals surface area contributed by atoms with Crippen LogP contribution >= 0.6 is 0 Å². The molecule has 0 aromatic rings. The molecule has 4 heteroatoms. The van der Waals surface area contributed by atoms with E-state index in [0.717, 1.165) is 0 Å². The number of rotatable bonds is 7. The minimum absolute atomic E-state index is 0.559. The Labute approximate surface area is 64.6 Å². The molecule has 0 spiro atoms. The van der Waals surface area contributed by atoms with Crippen molar-refractivity contribution in [3.8, 4) is 0 Å². The molecule has 0 rings (SSSR count). The number of hydrogen-bond donors (Lipinski definition) is 0. The molecule has 0 N–H and O–H groups in total. The van der Waals surface area contributed by atoms with Gasteiger partial charge in [-0.15, -0.1) is 0 Å². The van der Waals surface area contributed by atoms with Crippen molar-refractivity contribution in [1.29, 1.82) is 0 Å². The van der Waals surface area contributed by atoms with E-state index in [1.807, 2.05) is 6.55 Å². The van der Waals surface area contributed by atoms with Gasteiger partial charge in [0.05, 0.1) is 26.4 Å². The summed E-state index contributed by atoms with van der Waals surface area (Å²) in [6.45, 7) is 4.68.